The second-order valence-corrected chi connectivity index (χ2v) is 4.38. The Morgan fingerprint density at radius 2 is 1.78 bits per heavy atom. The summed E-state index contributed by atoms with van der Waals surface area (Å²) in [5.41, 5.74) is 7.14. The number of aromatic nitrogens is 1. The van der Waals surface area contributed by atoms with Gasteiger partial charge >= 0.3 is 0 Å². The number of hydrogen-bond donors (Lipinski definition) is 2. The zero-order valence-corrected chi connectivity index (χ0v) is 10.4. The average Bonchev–Trinajstić information content (AvgIpc) is 2.27. The maximum Gasteiger partial charge on any atom is 0.250 e. The van der Waals surface area contributed by atoms with Crippen LogP contribution in [-0.4, -0.2) is 11.1 Å². The van der Waals surface area contributed by atoms with Gasteiger partial charge in [0.1, 0.15) is 11.6 Å². The number of anilines is 1. The summed E-state index contributed by atoms with van der Waals surface area (Å²) in [4.78, 5) is 13.9. The highest BCUT2D eigenvalue weighted by Gasteiger charge is 2.02. The Bertz CT molecular complexity index is 585. The summed E-state index contributed by atoms with van der Waals surface area (Å²) in [7, 11) is 0. The highest BCUT2D eigenvalue weighted by molar-refractivity contribution is 5.66. The molecule has 0 unspecified atom stereocenters. The SMILES string of the molecule is CC(C)Oc1ccc(-c2cc(N)[nH]c(=O)c2)cc1. The summed E-state index contributed by atoms with van der Waals surface area (Å²) < 4.78 is 5.56. The Morgan fingerprint density at radius 1 is 1.11 bits per heavy atom. The van der Waals surface area contributed by atoms with Crippen molar-refractivity contribution in [2.75, 3.05) is 5.73 Å². The number of benzene rings is 1. The van der Waals surface area contributed by atoms with Crippen molar-refractivity contribution in [2.45, 2.75) is 20.0 Å². The van der Waals surface area contributed by atoms with Crippen LogP contribution in [0.1, 0.15) is 13.8 Å². The molecule has 2 aromatic rings. The predicted molar refractivity (Wildman–Crippen MR) is 72.7 cm³/mol. The number of rotatable bonds is 3. The Balaban J connectivity index is 2.31. The molecule has 2 rings (SSSR count). The third-order valence-corrected chi connectivity index (χ3v) is 2.42. The first-order valence-corrected chi connectivity index (χ1v) is 5.81. The largest absolute Gasteiger partial charge is 0.491 e. The van der Waals surface area contributed by atoms with Crippen LogP contribution in [0.2, 0.25) is 0 Å². The van der Waals surface area contributed by atoms with E-state index < -0.39 is 0 Å². The van der Waals surface area contributed by atoms with E-state index in [1.54, 1.807) is 6.07 Å². The molecule has 94 valence electrons. The predicted octanol–water partition coefficient (Wildman–Crippen LogP) is 2.41. The summed E-state index contributed by atoms with van der Waals surface area (Å²) in [6.07, 6.45) is 0.145. The van der Waals surface area contributed by atoms with Crippen LogP contribution in [0.3, 0.4) is 0 Å². The van der Waals surface area contributed by atoms with Crippen LogP contribution in [0.25, 0.3) is 11.1 Å². The molecular weight excluding hydrogens is 228 g/mol. The van der Waals surface area contributed by atoms with Gasteiger partial charge in [-0.1, -0.05) is 12.1 Å². The van der Waals surface area contributed by atoms with Gasteiger partial charge in [-0.05, 0) is 43.2 Å². The molecule has 0 radical (unpaired) electrons. The molecule has 1 aromatic carbocycles. The third-order valence-electron chi connectivity index (χ3n) is 2.42. The highest BCUT2D eigenvalue weighted by atomic mass is 16.5. The molecule has 0 aliphatic heterocycles. The van der Waals surface area contributed by atoms with Crippen molar-refractivity contribution in [3.05, 3.63) is 46.8 Å². The monoisotopic (exact) mass is 244 g/mol. The second-order valence-electron chi connectivity index (χ2n) is 4.38. The smallest absolute Gasteiger partial charge is 0.250 e. The van der Waals surface area contributed by atoms with Crippen molar-refractivity contribution in [3.63, 3.8) is 0 Å². The topological polar surface area (TPSA) is 68.1 Å². The lowest BCUT2D eigenvalue weighted by Gasteiger charge is -2.10. The quantitative estimate of drug-likeness (QED) is 0.871. The molecule has 0 fully saturated rings. The number of ether oxygens (including phenoxy) is 1. The minimum atomic E-state index is -0.201. The molecule has 1 heterocycles. The number of aromatic amines is 1. The summed E-state index contributed by atoms with van der Waals surface area (Å²) >= 11 is 0. The lowest BCUT2D eigenvalue weighted by Crippen LogP contribution is -2.07. The number of nitrogen functional groups attached to an aromatic ring is 1. The van der Waals surface area contributed by atoms with E-state index in [1.807, 2.05) is 38.1 Å². The van der Waals surface area contributed by atoms with E-state index in [4.69, 9.17) is 10.5 Å². The van der Waals surface area contributed by atoms with Crippen LogP contribution < -0.4 is 16.0 Å². The van der Waals surface area contributed by atoms with Gasteiger partial charge in [-0.25, -0.2) is 0 Å². The average molecular weight is 244 g/mol. The maximum atomic E-state index is 11.3. The van der Waals surface area contributed by atoms with E-state index in [9.17, 15) is 4.79 Å². The number of nitrogens with one attached hydrogen (secondary N) is 1. The van der Waals surface area contributed by atoms with Crippen molar-refractivity contribution in [1.82, 2.24) is 4.98 Å². The minimum Gasteiger partial charge on any atom is -0.491 e. The minimum absolute atomic E-state index is 0.145. The van der Waals surface area contributed by atoms with E-state index in [0.717, 1.165) is 16.9 Å². The van der Waals surface area contributed by atoms with Crippen LogP contribution in [0, 0.1) is 0 Å². The van der Waals surface area contributed by atoms with Crippen molar-refractivity contribution in [2.24, 2.45) is 0 Å². The van der Waals surface area contributed by atoms with Crippen LogP contribution in [-0.2, 0) is 0 Å². The molecule has 4 heteroatoms. The van der Waals surface area contributed by atoms with E-state index in [1.165, 1.54) is 6.07 Å². The molecule has 3 N–H and O–H groups in total. The number of nitrogens with two attached hydrogens (primary N) is 1. The first-order valence-electron chi connectivity index (χ1n) is 5.81. The molecule has 0 saturated carbocycles. The molecule has 0 spiro atoms. The first kappa shape index (κ1) is 12.2. The standard InChI is InChI=1S/C14H16N2O2/c1-9(2)18-12-5-3-10(4-6-12)11-7-13(15)16-14(17)8-11/h3-9H,1-2H3,(H3,15,16,17). The lowest BCUT2D eigenvalue weighted by molar-refractivity contribution is 0.242. The van der Waals surface area contributed by atoms with Gasteiger partial charge < -0.3 is 15.5 Å². The van der Waals surface area contributed by atoms with Crippen molar-refractivity contribution >= 4 is 5.82 Å². The van der Waals surface area contributed by atoms with Crippen LogP contribution in [0.4, 0.5) is 5.82 Å². The van der Waals surface area contributed by atoms with E-state index in [0.29, 0.717) is 5.82 Å². The van der Waals surface area contributed by atoms with Crippen LogP contribution in [0.15, 0.2) is 41.2 Å². The van der Waals surface area contributed by atoms with E-state index in [2.05, 4.69) is 4.98 Å². The molecule has 0 amide bonds. The molecule has 0 atom stereocenters. The number of hydrogen-bond acceptors (Lipinski definition) is 3. The van der Waals surface area contributed by atoms with Gasteiger partial charge in [0.05, 0.1) is 6.10 Å². The molecule has 0 saturated heterocycles. The zero-order chi connectivity index (χ0) is 13.1. The fourth-order valence-corrected chi connectivity index (χ4v) is 1.73. The number of H-pyrrole nitrogens is 1. The molecular formula is C14H16N2O2. The Hall–Kier alpha value is -2.23. The van der Waals surface area contributed by atoms with E-state index in [-0.39, 0.29) is 11.7 Å². The van der Waals surface area contributed by atoms with Crippen LogP contribution >= 0.6 is 0 Å². The summed E-state index contributed by atoms with van der Waals surface area (Å²) in [5.74, 6) is 1.17. The van der Waals surface area contributed by atoms with Gasteiger partial charge in [0.15, 0.2) is 0 Å². The van der Waals surface area contributed by atoms with Gasteiger partial charge in [-0.2, -0.15) is 0 Å². The molecule has 4 nitrogen and oxygen atoms in total. The lowest BCUT2D eigenvalue weighted by atomic mass is 10.1. The molecule has 18 heavy (non-hydrogen) atoms. The molecule has 0 aliphatic carbocycles. The molecule has 1 aromatic heterocycles. The fourth-order valence-electron chi connectivity index (χ4n) is 1.73. The summed E-state index contributed by atoms with van der Waals surface area (Å²) in [5, 5.41) is 0. The normalized spacial score (nSPS) is 10.6. The zero-order valence-electron chi connectivity index (χ0n) is 10.4. The summed E-state index contributed by atoms with van der Waals surface area (Å²) in [6, 6.07) is 10.8. The van der Waals surface area contributed by atoms with Gasteiger partial charge in [0, 0.05) is 6.07 Å². The van der Waals surface area contributed by atoms with Gasteiger partial charge in [0.25, 0.3) is 0 Å². The van der Waals surface area contributed by atoms with Gasteiger partial charge in [0.2, 0.25) is 5.56 Å². The van der Waals surface area contributed by atoms with Crippen molar-refractivity contribution in [1.29, 1.82) is 0 Å². The van der Waals surface area contributed by atoms with Gasteiger partial charge in [-0.3, -0.25) is 4.79 Å². The maximum absolute atomic E-state index is 11.3. The third kappa shape index (κ3) is 2.91. The van der Waals surface area contributed by atoms with Crippen molar-refractivity contribution < 1.29 is 4.74 Å². The van der Waals surface area contributed by atoms with Gasteiger partial charge in [-0.15, -0.1) is 0 Å². The number of pyridine rings is 1. The fraction of sp³-hybridized carbons (Fsp3) is 0.214. The Morgan fingerprint density at radius 3 is 2.33 bits per heavy atom. The first-order chi connectivity index (χ1) is 8.54. The Labute approximate surface area is 105 Å². The van der Waals surface area contributed by atoms with Crippen molar-refractivity contribution in [3.8, 4) is 16.9 Å². The Kier molecular flexibility index (Phi) is 3.37. The molecule has 0 bridgehead atoms. The van der Waals surface area contributed by atoms with E-state index >= 15 is 0 Å². The second kappa shape index (κ2) is 4.96. The van der Waals surface area contributed by atoms with Crippen LogP contribution in [0.5, 0.6) is 5.75 Å². The summed E-state index contributed by atoms with van der Waals surface area (Å²) in [6.45, 7) is 3.96. The highest BCUT2D eigenvalue weighted by Crippen LogP contribution is 2.22. The molecule has 0 aliphatic rings.